The standard InChI is InChI=1S/C17H24N2O7S/c1-9-13(17(22)25-4)10(2)18-14(9)15(20)11(3)26-16(21)12-7-6-8-19(12)27(5,23)24/h11-12,18H,6-8H2,1-5H3/t11-,12-/m1/s1. The van der Waals surface area contributed by atoms with E-state index in [-0.39, 0.29) is 17.8 Å². The molecular weight excluding hydrogens is 376 g/mol. The molecule has 2 heterocycles. The number of carbonyl (C=O) groups is 3. The van der Waals surface area contributed by atoms with E-state index in [1.807, 2.05) is 0 Å². The van der Waals surface area contributed by atoms with Crippen LogP contribution in [0, 0.1) is 13.8 Å². The van der Waals surface area contributed by atoms with Gasteiger partial charge >= 0.3 is 11.9 Å². The van der Waals surface area contributed by atoms with Crippen LogP contribution in [-0.4, -0.2) is 67.5 Å². The van der Waals surface area contributed by atoms with Gasteiger partial charge in [-0.05, 0) is 39.2 Å². The molecule has 1 aliphatic rings. The van der Waals surface area contributed by atoms with Gasteiger partial charge in [0, 0.05) is 12.2 Å². The quantitative estimate of drug-likeness (QED) is 0.557. The summed E-state index contributed by atoms with van der Waals surface area (Å²) in [5.41, 5.74) is 1.30. The van der Waals surface area contributed by atoms with E-state index in [2.05, 4.69) is 4.98 Å². The molecule has 0 saturated carbocycles. The number of aryl methyl sites for hydroxylation is 1. The highest BCUT2D eigenvalue weighted by atomic mass is 32.2. The number of hydrogen-bond donors (Lipinski definition) is 1. The van der Waals surface area contributed by atoms with Crippen LogP contribution in [0.1, 0.15) is 51.9 Å². The zero-order valence-electron chi connectivity index (χ0n) is 16.0. The summed E-state index contributed by atoms with van der Waals surface area (Å²) >= 11 is 0. The molecular formula is C17H24N2O7S. The molecule has 27 heavy (non-hydrogen) atoms. The molecule has 0 amide bonds. The molecule has 1 N–H and O–H groups in total. The fourth-order valence-corrected chi connectivity index (χ4v) is 4.40. The number of sulfonamides is 1. The third-order valence-electron chi connectivity index (χ3n) is 4.64. The van der Waals surface area contributed by atoms with E-state index in [0.717, 1.165) is 10.6 Å². The molecule has 1 aromatic rings. The number of esters is 2. The summed E-state index contributed by atoms with van der Waals surface area (Å²) in [6, 6.07) is -0.924. The van der Waals surface area contributed by atoms with Gasteiger partial charge in [-0.2, -0.15) is 4.31 Å². The molecule has 1 aromatic heterocycles. The van der Waals surface area contributed by atoms with Crippen LogP contribution in [0.4, 0.5) is 0 Å². The van der Waals surface area contributed by atoms with Gasteiger partial charge < -0.3 is 14.5 Å². The molecule has 0 unspecified atom stereocenters. The normalized spacial score (nSPS) is 18.9. The van der Waals surface area contributed by atoms with E-state index < -0.39 is 39.9 Å². The number of rotatable bonds is 6. The van der Waals surface area contributed by atoms with E-state index in [9.17, 15) is 22.8 Å². The molecule has 1 saturated heterocycles. The average molecular weight is 400 g/mol. The molecule has 2 rings (SSSR count). The maximum atomic E-state index is 12.7. The Morgan fingerprint density at radius 1 is 1.26 bits per heavy atom. The van der Waals surface area contributed by atoms with Crippen molar-refractivity contribution in [1.29, 1.82) is 0 Å². The maximum absolute atomic E-state index is 12.7. The minimum atomic E-state index is -3.54. The van der Waals surface area contributed by atoms with E-state index in [0.29, 0.717) is 24.1 Å². The van der Waals surface area contributed by atoms with Crippen molar-refractivity contribution in [3.63, 3.8) is 0 Å². The van der Waals surface area contributed by atoms with Crippen LogP contribution in [0.3, 0.4) is 0 Å². The largest absolute Gasteiger partial charge is 0.465 e. The van der Waals surface area contributed by atoms with Crippen LogP contribution < -0.4 is 0 Å². The second kappa shape index (κ2) is 7.81. The summed E-state index contributed by atoms with van der Waals surface area (Å²) in [6.07, 6.45) is 0.792. The molecule has 9 nitrogen and oxygen atoms in total. The van der Waals surface area contributed by atoms with Crippen molar-refractivity contribution in [3.8, 4) is 0 Å². The average Bonchev–Trinajstić information content (AvgIpc) is 3.18. The van der Waals surface area contributed by atoms with Crippen molar-refractivity contribution >= 4 is 27.7 Å². The van der Waals surface area contributed by atoms with Crippen molar-refractivity contribution in [3.05, 3.63) is 22.5 Å². The second-order valence-electron chi connectivity index (χ2n) is 6.59. The molecule has 0 aromatic carbocycles. The second-order valence-corrected chi connectivity index (χ2v) is 8.53. The Morgan fingerprint density at radius 3 is 2.44 bits per heavy atom. The number of nitrogens with one attached hydrogen (secondary N) is 1. The molecule has 0 spiro atoms. The molecule has 1 aliphatic heterocycles. The molecule has 150 valence electrons. The smallest absolute Gasteiger partial charge is 0.339 e. The Labute approximate surface area is 158 Å². The summed E-state index contributed by atoms with van der Waals surface area (Å²) in [5, 5.41) is 0. The number of hydrogen-bond acceptors (Lipinski definition) is 7. The first-order valence-electron chi connectivity index (χ1n) is 8.48. The van der Waals surface area contributed by atoms with Gasteiger partial charge in [-0.1, -0.05) is 0 Å². The minimum Gasteiger partial charge on any atom is -0.465 e. The summed E-state index contributed by atoms with van der Waals surface area (Å²) in [4.78, 5) is 39.8. The summed E-state index contributed by atoms with van der Waals surface area (Å²) in [6.45, 7) is 4.89. The Balaban J connectivity index is 2.17. The Hall–Kier alpha value is -2.20. The third kappa shape index (κ3) is 4.22. The number of Topliss-reactive ketones (excluding diaryl/α,β-unsaturated/α-hetero) is 1. The van der Waals surface area contributed by atoms with Crippen molar-refractivity contribution < 1.29 is 32.3 Å². The van der Waals surface area contributed by atoms with Gasteiger partial charge in [-0.15, -0.1) is 0 Å². The predicted octanol–water partition coefficient (Wildman–Crippen LogP) is 0.957. The van der Waals surface area contributed by atoms with Crippen LogP contribution in [0.15, 0.2) is 0 Å². The first kappa shape index (κ1) is 21.1. The topological polar surface area (TPSA) is 123 Å². The number of H-pyrrole nitrogens is 1. The van der Waals surface area contributed by atoms with E-state index in [1.54, 1.807) is 13.8 Å². The summed E-state index contributed by atoms with van der Waals surface area (Å²) < 4.78 is 34.6. The number of nitrogens with zero attached hydrogens (tertiary/aromatic N) is 1. The van der Waals surface area contributed by atoms with Gasteiger partial charge in [0.05, 0.1) is 24.6 Å². The number of ether oxygens (including phenoxy) is 2. The number of ketones is 1. The number of aromatic amines is 1. The van der Waals surface area contributed by atoms with E-state index >= 15 is 0 Å². The lowest BCUT2D eigenvalue weighted by molar-refractivity contribution is -0.150. The van der Waals surface area contributed by atoms with Crippen LogP contribution in [-0.2, 0) is 24.3 Å². The van der Waals surface area contributed by atoms with Gasteiger partial charge in [0.25, 0.3) is 0 Å². The predicted molar refractivity (Wildman–Crippen MR) is 96.1 cm³/mol. The minimum absolute atomic E-state index is 0.152. The lowest BCUT2D eigenvalue weighted by atomic mass is 10.1. The molecule has 0 bridgehead atoms. The fourth-order valence-electron chi connectivity index (χ4n) is 3.29. The van der Waals surface area contributed by atoms with Gasteiger partial charge in [-0.25, -0.2) is 13.2 Å². The SMILES string of the molecule is COC(=O)c1c(C)[nH]c(C(=O)[C@@H](C)OC(=O)[C@H]2CCCN2S(C)(=O)=O)c1C. The summed E-state index contributed by atoms with van der Waals surface area (Å²) in [7, 11) is -2.29. The van der Waals surface area contributed by atoms with Crippen molar-refractivity contribution in [2.24, 2.45) is 0 Å². The molecule has 2 atom stereocenters. The highest BCUT2D eigenvalue weighted by Crippen LogP contribution is 2.24. The van der Waals surface area contributed by atoms with Gasteiger partial charge in [0.1, 0.15) is 6.04 Å². The molecule has 0 radical (unpaired) electrons. The molecule has 10 heteroatoms. The highest BCUT2D eigenvalue weighted by Gasteiger charge is 2.39. The van der Waals surface area contributed by atoms with E-state index in [1.165, 1.54) is 14.0 Å². The van der Waals surface area contributed by atoms with Crippen molar-refractivity contribution in [1.82, 2.24) is 9.29 Å². The number of aromatic nitrogens is 1. The number of carbonyl (C=O) groups excluding carboxylic acids is 3. The first-order chi connectivity index (χ1) is 12.5. The van der Waals surface area contributed by atoms with Crippen LogP contribution in [0.2, 0.25) is 0 Å². The van der Waals surface area contributed by atoms with Crippen LogP contribution in [0.25, 0.3) is 0 Å². The van der Waals surface area contributed by atoms with Gasteiger partial charge in [0.2, 0.25) is 15.8 Å². The van der Waals surface area contributed by atoms with Crippen LogP contribution >= 0.6 is 0 Å². The lowest BCUT2D eigenvalue weighted by Gasteiger charge is -2.22. The van der Waals surface area contributed by atoms with Gasteiger partial charge in [0.15, 0.2) is 6.10 Å². The zero-order valence-corrected chi connectivity index (χ0v) is 16.8. The Morgan fingerprint density at radius 2 is 1.89 bits per heavy atom. The molecule has 0 aliphatic carbocycles. The Bertz CT molecular complexity index is 872. The highest BCUT2D eigenvalue weighted by molar-refractivity contribution is 7.88. The zero-order chi connectivity index (χ0) is 20.5. The monoisotopic (exact) mass is 400 g/mol. The van der Waals surface area contributed by atoms with Crippen molar-refractivity contribution in [2.75, 3.05) is 19.9 Å². The number of methoxy groups -OCH3 is 1. The lowest BCUT2D eigenvalue weighted by Crippen LogP contribution is -2.42. The van der Waals surface area contributed by atoms with Gasteiger partial charge in [-0.3, -0.25) is 9.59 Å². The maximum Gasteiger partial charge on any atom is 0.339 e. The summed E-state index contributed by atoms with van der Waals surface area (Å²) in [5.74, 6) is -1.84. The first-order valence-corrected chi connectivity index (χ1v) is 10.3. The fraction of sp³-hybridized carbons (Fsp3) is 0.588. The molecule has 1 fully saturated rings. The third-order valence-corrected chi connectivity index (χ3v) is 5.93. The van der Waals surface area contributed by atoms with Crippen molar-refractivity contribution in [2.45, 2.75) is 45.8 Å². The Kier molecular flexibility index (Phi) is 6.10. The van der Waals surface area contributed by atoms with E-state index in [4.69, 9.17) is 9.47 Å². The van der Waals surface area contributed by atoms with Crippen LogP contribution in [0.5, 0.6) is 0 Å².